The average molecular weight is 204 g/mol. The molecule has 0 bridgehead atoms. The summed E-state index contributed by atoms with van der Waals surface area (Å²) in [7, 11) is 0. The van der Waals surface area contributed by atoms with Gasteiger partial charge in [-0.2, -0.15) is 0 Å². The fourth-order valence-electron chi connectivity index (χ4n) is 2.40. The fourth-order valence-corrected chi connectivity index (χ4v) is 2.40. The van der Waals surface area contributed by atoms with E-state index in [4.69, 9.17) is 5.73 Å². The summed E-state index contributed by atoms with van der Waals surface area (Å²) in [4.78, 5) is 2.46. The van der Waals surface area contributed by atoms with Crippen LogP contribution >= 0.6 is 0 Å². The number of hydrogen-bond donors (Lipinski definition) is 1. The van der Waals surface area contributed by atoms with E-state index in [1.165, 1.54) is 43.6 Å². The van der Waals surface area contributed by atoms with Crippen molar-refractivity contribution in [3.05, 3.63) is 23.8 Å². The number of aryl methyl sites for hydroxylation is 1. The number of anilines is 2. The summed E-state index contributed by atoms with van der Waals surface area (Å²) in [6.07, 6.45) is 5.04. The van der Waals surface area contributed by atoms with E-state index in [2.05, 4.69) is 24.0 Å². The number of nitrogens with two attached hydrogens (primary N) is 1. The summed E-state index contributed by atoms with van der Waals surface area (Å²) in [5, 5.41) is 0. The minimum atomic E-state index is 0.941. The zero-order chi connectivity index (χ0) is 10.7. The highest BCUT2D eigenvalue weighted by atomic mass is 15.1. The van der Waals surface area contributed by atoms with Crippen LogP contribution in [0.1, 0.15) is 31.7 Å². The lowest BCUT2D eigenvalue weighted by Crippen LogP contribution is -2.30. The van der Waals surface area contributed by atoms with Gasteiger partial charge < -0.3 is 10.6 Å². The van der Waals surface area contributed by atoms with Crippen molar-refractivity contribution in [2.24, 2.45) is 0 Å². The van der Waals surface area contributed by atoms with Gasteiger partial charge in [0.2, 0.25) is 0 Å². The van der Waals surface area contributed by atoms with E-state index in [1.807, 2.05) is 6.07 Å². The summed E-state index contributed by atoms with van der Waals surface area (Å²) in [5.74, 6) is 0. The Morgan fingerprint density at radius 2 is 1.93 bits per heavy atom. The number of hydrogen-bond acceptors (Lipinski definition) is 2. The SMILES string of the molecule is CCc1cccc(N)c1N1CCCCC1. The van der Waals surface area contributed by atoms with Gasteiger partial charge in [-0.25, -0.2) is 0 Å². The van der Waals surface area contributed by atoms with Crippen LogP contribution in [0.5, 0.6) is 0 Å². The van der Waals surface area contributed by atoms with Crippen molar-refractivity contribution in [3.8, 4) is 0 Å². The third kappa shape index (κ3) is 2.09. The lowest BCUT2D eigenvalue weighted by molar-refractivity contribution is 0.577. The van der Waals surface area contributed by atoms with Crippen LogP contribution in [0.4, 0.5) is 11.4 Å². The molecule has 0 amide bonds. The van der Waals surface area contributed by atoms with Crippen molar-refractivity contribution in [3.63, 3.8) is 0 Å². The van der Waals surface area contributed by atoms with Crippen LogP contribution in [-0.4, -0.2) is 13.1 Å². The Morgan fingerprint density at radius 3 is 2.60 bits per heavy atom. The first-order chi connectivity index (χ1) is 7.33. The van der Waals surface area contributed by atoms with Crippen LogP contribution < -0.4 is 10.6 Å². The number of piperidine rings is 1. The number of para-hydroxylation sites is 1. The van der Waals surface area contributed by atoms with Crippen LogP contribution in [0, 0.1) is 0 Å². The van der Waals surface area contributed by atoms with Gasteiger partial charge >= 0.3 is 0 Å². The molecule has 1 heterocycles. The Hall–Kier alpha value is -1.18. The predicted octanol–water partition coefficient (Wildman–Crippen LogP) is 2.82. The highest BCUT2D eigenvalue weighted by Crippen LogP contribution is 2.30. The first-order valence-corrected chi connectivity index (χ1v) is 5.95. The second-order valence-corrected chi connectivity index (χ2v) is 4.26. The second-order valence-electron chi connectivity index (χ2n) is 4.26. The molecular formula is C13H20N2. The molecule has 2 rings (SSSR count). The third-order valence-electron chi connectivity index (χ3n) is 3.20. The molecule has 1 saturated heterocycles. The zero-order valence-electron chi connectivity index (χ0n) is 9.50. The molecular weight excluding hydrogens is 184 g/mol. The molecule has 1 aliphatic rings. The van der Waals surface area contributed by atoms with E-state index < -0.39 is 0 Å². The molecule has 1 aromatic carbocycles. The largest absolute Gasteiger partial charge is 0.397 e. The molecule has 0 aromatic heterocycles. The molecule has 0 saturated carbocycles. The van der Waals surface area contributed by atoms with E-state index in [0.29, 0.717) is 0 Å². The zero-order valence-corrected chi connectivity index (χ0v) is 9.50. The molecule has 0 atom stereocenters. The quantitative estimate of drug-likeness (QED) is 0.751. The minimum Gasteiger partial charge on any atom is -0.397 e. The van der Waals surface area contributed by atoms with Gasteiger partial charge in [-0.15, -0.1) is 0 Å². The Bertz CT molecular complexity index is 327. The van der Waals surface area contributed by atoms with Crippen molar-refractivity contribution in [1.29, 1.82) is 0 Å². The maximum atomic E-state index is 6.09. The average Bonchev–Trinajstić information content (AvgIpc) is 2.29. The first-order valence-electron chi connectivity index (χ1n) is 5.95. The molecule has 0 spiro atoms. The van der Waals surface area contributed by atoms with Gasteiger partial charge in [-0.05, 0) is 37.3 Å². The second kappa shape index (κ2) is 4.56. The van der Waals surface area contributed by atoms with Crippen LogP contribution in [0.15, 0.2) is 18.2 Å². The molecule has 0 radical (unpaired) electrons. The Kier molecular flexibility index (Phi) is 3.14. The van der Waals surface area contributed by atoms with Gasteiger partial charge in [0, 0.05) is 13.1 Å². The standard InChI is InChI=1S/C13H20N2/c1-2-11-7-6-8-12(14)13(11)15-9-4-3-5-10-15/h6-8H,2-5,9-10,14H2,1H3. The number of nitrogen functional groups attached to an aromatic ring is 1. The lowest BCUT2D eigenvalue weighted by Gasteiger charge is -2.31. The normalized spacial score (nSPS) is 16.7. The van der Waals surface area contributed by atoms with Crippen molar-refractivity contribution in [2.75, 3.05) is 23.7 Å². The Labute approximate surface area is 92.1 Å². The number of benzene rings is 1. The van der Waals surface area contributed by atoms with Crippen LogP contribution in [-0.2, 0) is 6.42 Å². The minimum absolute atomic E-state index is 0.941. The molecule has 1 aliphatic heterocycles. The Balaban J connectivity index is 2.31. The smallest absolute Gasteiger partial charge is 0.0632 e. The molecule has 82 valence electrons. The molecule has 0 unspecified atom stereocenters. The molecule has 1 aromatic rings. The van der Waals surface area contributed by atoms with E-state index >= 15 is 0 Å². The monoisotopic (exact) mass is 204 g/mol. The summed E-state index contributed by atoms with van der Waals surface area (Å²) in [6.45, 7) is 4.53. The molecule has 1 fully saturated rings. The molecule has 0 aliphatic carbocycles. The van der Waals surface area contributed by atoms with E-state index in [9.17, 15) is 0 Å². The topological polar surface area (TPSA) is 29.3 Å². The number of rotatable bonds is 2. The van der Waals surface area contributed by atoms with Gasteiger partial charge in [0.1, 0.15) is 0 Å². The van der Waals surface area contributed by atoms with Crippen LogP contribution in [0.3, 0.4) is 0 Å². The van der Waals surface area contributed by atoms with Gasteiger partial charge in [0.15, 0.2) is 0 Å². The van der Waals surface area contributed by atoms with Crippen molar-refractivity contribution in [1.82, 2.24) is 0 Å². The van der Waals surface area contributed by atoms with Gasteiger partial charge in [-0.3, -0.25) is 0 Å². The van der Waals surface area contributed by atoms with Crippen LogP contribution in [0.2, 0.25) is 0 Å². The summed E-state index contributed by atoms with van der Waals surface area (Å²) in [6, 6.07) is 6.27. The van der Waals surface area contributed by atoms with E-state index in [1.54, 1.807) is 0 Å². The van der Waals surface area contributed by atoms with Crippen molar-refractivity contribution >= 4 is 11.4 Å². The third-order valence-corrected chi connectivity index (χ3v) is 3.20. The summed E-state index contributed by atoms with van der Waals surface area (Å²) >= 11 is 0. The van der Waals surface area contributed by atoms with Crippen LogP contribution in [0.25, 0.3) is 0 Å². The van der Waals surface area contributed by atoms with E-state index in [0.717, 1.165) is 12.1 Å². The van der Waals surface area contributed by atoms with Crippen molar-refractivity contribution in [2.45, 2.75) is 32.6 Å². The highest BCUT2D eigenvalue weighted by Gasteiger charge is 2.15. The molecule has 2 nitrogen and oxygen atoms in total. The fraction of sp³-hybridized carbons (Fsp3) is 0.538. The van der Waals surface area contributed by atoms with Gasteiger partial charge in [-0.1, -0.05) is 19.1 Å². The highest BCUT2D eigenvalue weighted by molar-refractivity contribution is 5.71. The summed E-state index contributed by atoms with van der Waals surface area (Å²) in [5.41, 5.74) is 9.70. The van der Waals surface area contributed by atoms with Gasteiger partial charge in [0.05, 0.1) is 11.4 Å². The summed E-state index contributed by atoms with van der Waals surface area (Å²) < 4.78 is 0. The first kappa shape index (κ1) is 10.3. The lowest BCUT2D eigenvalue weighted by atomic mass is 10.0. The Morgan fingerprint density at radius 1 is 1.20 bits per heavy atom. The van der Waals surface area contributed by atoms with Gasteiger partial charge in [0.25, 0.3) is 0 Å². The predicted molar refractivity (Wildman–Crippen MR) is 66.3 cm³/mol. The number of nitrogens with zero attached hydrogens (tertiary/aromatic N) is 1. The molecule has 2 heteroatoms. The maximum absolute atomic E-state index is 6.09. The van der Waals surface area contributed by atoms with Crippen molar-refractivity contribution < 1.29 is 0 Å². The maximum Gasteiger partial charge on any atom is 0.0632 e. The van der Waals surface area contributed by atoms with E-state index in [-0.39, 0.29) is 0 Å². The molecule has 2 N–H and O–H groups in total. The molecule has 15 heavy (non-hydrogen) atoms.